The normalized spacial score (nSPS) is 9.87. The van der Waals surface area contributed by atoms with E-state index in [9.17, 15) is 0 Å². The first-order valence-corrected chi connectivity index (χ1v) is 4.54. The number of aromatic hydroxyl groups is 2. The number of benzene rings is 2. The van der Waals surface area contributed by atoms with Gasteiger partial charge in [0.2, 0.25) is 0 Å². The average Bonchev–Trinajstić information content (AvgIpc) is 2.25. The van der Waals surface area contributed by atoms with E-state index in [0.717, 1.165) is 11.4 Å². The molecule has 0 amide bonds. The van der Waals surface area contributed by atoms with Crippen LogP contribution in [0.25, 0.3) is 0 Å². The highest BCUT2D eigenvalue weighted by Crippen LogP contribution is 2.21. The van der Waals surface area contributed by atoms with Crippen molar-refractivity contribution in [2.75, 3.05) is 0 Å². The Kier molecular flexibility index (Phi) is 2.46. The molecule has 0 saturated heterocycles. The number of hydrogen-bond acceptors (Lipinski definition) is 2. The van der Waals surface area contributed by atoms with Crippen LogP contribution in [-0.4, -0.2) is 10.2 Å². The molecule has 0 aliphatic carbocycles. The van der Waals surface area contributed by atoms with Crippen molar-refractivity contribution in [3.8, 4) is 11.5 Å². The van der Waals surface area contributed by atoms with Crippen molar-refractivity contribution in [2.45, 2.75) is 0 Å². The summed E-state index contributed by atoms with van der Waals surface area (Å²) in [5.74, 6) is 0.444. The predicted octanol–water partition coefficient (Wildman–Crippen LogP) is 2.67. The fraction of sp³-hybridized carbons (Fsp3) is 0. The van der Waals surface area contributed by atoms with Gasteiger partial charge < -0.3 is 10.2 Å². The Morgan fingerprint density at radius 3 is 1.27 bits per heavy atom. The van der Waals surface area contributed by atoms with Crippen molar-refractivity contribution in [1.82, 2.24) is 5.32 Å². The summed E-state index contributed by atoms with van der Waals surface area (Å²) >= 11 is 0. The van der Waals surface area contributed by atoms with Crippen LogP contribution >= 0.6 is 0 Å². The largest absolute Gasteiger partial charge is 0.508 e. The lowest BCUT2D eigenvalue weighted by Gasteiger charge is -2.02. The van der Waals surface area contributed by atoms with Gasteiger partial charge in [-0.2, -0.15) is 0 Å². The molecule has 15 heavy (non-hydrogen) atoms. The molecule has 0 aliphatic rings. The molecule has 2 rings (SSSR count). The maximum atomic E-state index is 9.08. The van der Waals surface area contributed by atoms with Crippen molar-refractivity contribution in [1.29, 1.82) is 0 Å². The van der Waals surface area contributed by atoms with E-state index in [1.54, 1.807) is 48.5 Å². The van der Waals surface area contributed by atoms with Crippen molar-refractivity contribution in [3.63, 3.8) is 0 Å². The second-order valence-corrected chi connectivity index (χ2v) is 3.14. The second-order valence-electron chi connectivity index (χ2n) is 3.14. The predicted molar refractivity (Wildman–Crippen MR) is 57.7 cm³/mol. The maximum absolute atomic E-state index is 9.08. The summed E-state index contributed by atoms with van der Waals surface area (Å²) in [4.78, 5) is 0. The summed E-state index contributed by atoms with van der Waals surface area (Å²) in [6.45, 7) is 0. The summed E-state index contributed by atoms with van der Waals surface area (Å²) in [5.41, 5.74) is 1.52. The Labute approximate surface area is 87.6 Å². The molecule has 0 saturated carbocycles. The molecular formula is C12H10NO2. The first kappa shape index (κ1) is 9.40. The number of phenols is 2. The lowest BCUT2D eigenvalue weighted by atomic mass is 10.2. The second kappa shape index (κ2) is 3.92. The zero-order valence-corrected chi connectivity index (χ0v) is 7.96. The molecule has 0 fully saturated rings. The standard InChI is InChI=1S/C12H10NO2/c14-11-5-1-9(2-6-11)13-10-3-7-12(15)8-4-10/h1-8,14-15H. The van der Waals surface area contributed by atoms with E-state index in [1.807, 2.05) is 0 Å². The molecule has 75 valence electrons. The summed E-state index contributed by atoms with van der Waals surface area (Å²) in [5, 5.41) is 22.5. The Hall–Kier alpha value is -2.16. The quantitative estimate of drug-likeness (QED) is 0.783. The molecule has 1 radical (unpaired) electrons. The van der Waals surface area contributed by atoms with Gasteiger partial charge in [-0.3, -0.25) is 0 Å². The van der Waals surface area contributed by atoms with Gasteiger partial charge in [-0.15, -0.1) is 0 Å². The van der Waals surface area contributed by atoms with Crippen LogP contribution in [0.5, 0.6) is 11.5 Å². The molecule has 0 unspecified atom stereocenters. The third-order valence-electron chi connectivity index (χ3n) is 1.96. The third kappa shape index (κ3) is 2.40. The molecule has 2 N–H and O–H groups in total. The first-order valence-electron chi connectivity index (χ1n) is 4.54. The Bertz CT molecular complexity index is 391. The monoisotopic (exact) mass is 200 g/mol. The molecule has 0 spiro atoms. The van der Waals surface area contributed by atoms with Crippen LogP contribution < -0.4 is 5.32 Å². The third-order valence-corrected chi connectivity index (χ3v) is 1.96. The zero-order valence-electron chi connectivity index (χ0n) is 7.96. The summed E-state index contributed by atoms with van der Waals surface area (Å²) < 4.78 is 0. The van der Waals surface area contributed by atoms with Gasteiger partial charge in [-0.05, 0) is 48.5 Å². The smallest absolute Gasteiger partial charge is 0.115 e. The molecule has 0 bridgehead atoms. The van der Waals surface area contributed by atoms with Crippen LogP contribution in [0.4, 0.5) is 11.4 Å². The minimum atomic E-state index is 0.222. The SMILES string of the molecule is Oc1ccc([N]c2ccc(O)cc2)cc1. The Morgan fingerprint density at radius 1 is 0.600 bits per heavy atom. The molecular weight excluding hydrogens is 190 g/mol. The van der Waals surface area contributed by atoms with Crippen molar-refractivity contribution in [2.24, 2.45) is 0 Å². The van der Waals surface area contributed by atoms with Crippen LogP contribution in [0, 0.1) is 0 Å². The average molecular weight is 200 g/mol. The van der Waals surface area contributed by atoms with Gasteiger partial charge in [0.15, 0.2) is 0 Å². The van der Waals surface area contributed by atoms with Crippen LogP contribution in [0.15, 0.2) is 48.5 Å². The minimum absolute atomic E-state index is 0.222. The van der Waals surface area contributed by atoms with Crippen LogP contribution in [0.2, 0.25) is 0 Å². The molecule has 3 heteroatoms. The highest BCUT2D eigenvalue weighted by atomic mass is 16.3. The van der Waals surface area contributed by atoms with E-state index in [4.69, 9.17) is 10.2 Å². The molecule has 3 nitrogen and oxygen atoms in total. The van der Waals surface area contributed by atoms with E-state index in [2.05, 4.69) is 5.32 Å². The minimum Gasteiger partial charge on any atom is -0.508 e. The fourth-order valence-electron chi connectivity index (χ4n) is 1.20. The number of rotatable bonds is 2. The zero-order chi connectivity index (χ0) is 10.7. The van der Waals surface area contributed by atoms with Gasteiger partial charge in [-0.1, -0.05) is 0 Å². The maximum Gasteiger partial charge on any atom is 0.115 e. The van der Waals surface area contributed by atoms with Gasteiger partial charge >= 0.3 is 0 Å². The topological polar surface area (TPSA) is 54.6 Å². The fourth-order valence-corrected chi connectivity index (χ4v) is 1.20. The van der Waals surface area contributed by atoms with Crippen LogP contribution in [0.1, 0.15) is 0 Å². The van der Waals surface area contributed by atoms with Crippen molar-refractivity contribution >= 4 is 11.4 Å². The van der Waals surface area contributed by atoms with Gasteiger partial charge in [0.25, 0.3) is 0 Å². The van der Waals surface area contributed by atoms with E-state index in [1.165, 1.54) is 0 Å². The van der Waals surface area contributed by atoms with E-state index in [-0.39, 0.29) is 11.5 Å². The van der Waals surface area contributed by atoms with Crippen molar-refractivity contribution in [3.05, 3.63) is 48.5 Å². The molecule has 0 aromatic heterocycles. The van der Waals surface area contributed by atoms with Crippen LogP contribution in [-0.2, 0) is 0 Å². The highest BCUT2D eigenvalue weighted by molar-refractivity contribution is 5.50. The van der Waals surface area contributed by atoms with Crippen LogP contribution in [0.3, 0.4) is 0 Å². The Balaban J connectivity index is 2.15. The van der Waals surface area contributed by atoms with Gasteiger partial charge in [-0.25, -0.2) is 5.32 Å². The first-order chi connectivity index (χ1) is 7.24. The van der Waals surface area contributed by atoms with E-state index in [0.29, 0.717) is 0 Å². The molecule has 2 aromatic rings. The number of phenolic OH excluding ortho intramolecular Hbond substituents is 2. The molecule has 2 aromatic carbocycles. The number of hydrogen-bond donors (Lipinski definition) is 2. The lowest BCUT2D eigenvalue weighted by molar-refractivity contribution is 0.475. The van der Waals surface area contributed by atoms with E-state index >= 15 is 0 Å². The Morgan fingerprint density at radius 2 is 0.933 bits per heavy atom. The molecule has 0 heterocycles. The summed E-state index contributed by atoms with van der Waals surface area (Å²) in [6, 6.07) is 13.2. The van der Waals surface area contributed by atoms with E-state index < -0.39 is 0 Å². The summed E-state index contributed by atoms with van der Waals surface area (Å²) in [7, 11) is 0. The summed E-state index contributed by atoms with van der Waals surface area (Å²) in [6.07, 6.45) is 0. The van der Waals surface area contributed by atoms with Gasteiger partial charge in [0.05, 0.1) is 11.4 Å². The highest BCUT2D eigenvalue weighted by Gasteiger charge is 1.97. The molecule has 0 atom stereocenters. The van der Waals surface area contributed by atoms with Gasteiger partial charge in [0, 0.05) is 0 Å². The lowest BCUT2D eigenvalue weighted by Crippen LogP contribution is -1.87. The van der Waals surface area contributed by atoms with Crippen molar-refractivity contribution < 1.29 is 10.2 Å². The molecule has 0 aliphatic heterocycles. The number of nitrogens with zero attached hydrogens (tertiary/aromatic N) is 1. The van der Waals surface area contributed by atoms with Gasteiger partial charge in [0.1, 0.15) is 11.5 Å².